The molecule has 0 aromatic carbocycles. The lowest BCUT2D eigenvalue weighted by molar-refractivity contribution is 0.614. The van der Waals surface area contributed by atoms with E-state index in [9.17, 15) is 0 Å². The molecule has 2 aromatic rings. The first-order valence-corrected chi connectivity index (χ1v) is 6.91. The third kappa shape index (κ3) is 1.46. The number of fused-ring (bicyclic) bond motifs is 3. The number of hydrogen-bond acceptors (Lipinski definition) is 4. The van der Waals surface area contributed by atoms with E-state index in [-0.39, 0.29) is 0 Å². The molecule has 0 unspecified atom stereocenters. The molecular formula is C14H15N5. The van der Waals surface area contributed by atoms with Crippen LogP contribution < -0.4 is 4.90 Å². The third-order valence-electron chi connectivity index (χ3n) is 4.35. The zero-order valence-corrected chi connectivity index (χ0v) is 10.7. The fourth-order valence-corrected chi connectivity index (χ4v) is 3.43. The Kier molecular flexibility index (Phi) is 2.25. The van der Waals surface area contributed by atoms with Crippen molar-refractivity contribution in [1.82, 2.24) is 14.6 Å². The monoisotopic (exact) mass is 253 g/mol. The van der Waals surface area contributed by atoms with Gasteiger partial charge in [0.15, 0.2) is 5.65 Å². The van der Waals surface area contributed by atoms with Crippen LogP contribution in [0.15, 0.2) is 12.4 Å². The lowest BCUT2D eigenvalue weighted by Gasteiger charge is -2.26. The van der Waals surface area contributed by atoms with Crippen molar-refractivity contribution in [2.45, 2.75) is 38.1 Å². The summed E-state index contributed by atoms with van der Waals surface area (Å²) in [6, 6.07) is 2.80. The number of nitrogens with zero attached hydrogens (tertiary/aromatic N) is 5. The van der Waals surface area contributed by atoms with Crippen LogP contribution in [0.5, 0.6) is 0 Å². The van der Waals surface area contributed by atoms with E-state index in [1.807, 2.05) is 10.7 Å². The first kappa shape index (κ1) is 10.8. The smallest absolute Gasteiger partial charge is 0.175 e. The molecule has 1 saturated carbocycles. The molecule has 0 bridgehead atoms. The van der Waals surface area contributed by atoms with Crippen LogP contribution in [0.4, 0.5) is 5.82 Å². The molecule has 0 atom stereocenters. The van der Waals surface area contributed by atoms with Gasteiger partial charge < -0.3 is 4.90 Å². The number of hydrogen-bond donors (Lipinski definition) is 0. The number of aromatic nitrogens is 3. The van der Waals surface area contributed by atoms with Crippen LogP contribution in [0.3, 0.4) is 0 Å². The minimum absolute atomic E-state index is 0.557. The molecule has 96 valence electrons. The molecule has 1 fully saturated rings. The second-order valence-electron chi connectivity index (χ2n) is 5.39. The van der Waals surface area contributed by atoms with Crippen LogP contribution in [-0.4, -0.2) is 27.2 Å². The maximum Gasteiger partial charge on any atom is 0.175 e. The Morgan fingerprint density at radius 2 is 2.11 bits per heavy atom. The first-order valence-electron chi connectivity index (χ1n) is 6.91. The molecule has 0 radical (unpaired) electrons. The van der Waals surface area contributed by atoms with Crippen LogP contribution in [0.25, 0.3) is 5.65 Å². The Hall–Kier alpha value is -2.09. The van der Waals surface area contributed by atoms with Gasteiger partial charge in [-0.3, -0.25) is 0 Å². The van der Waals surface area contributed by atoms with Gasteiger partial charge in [0, 0.05) is 24.3 Å². The summed E-state index contributed by atoms with van der Waals surface area (Å²) in [5.74, 6) is 1.17. The maximum atomic E-state index is 9.09. The summed E-state index contributed by atoms with van der Waals surface area (Å²) >= 11 is 0. The predicted octanol–water partition coefficient (Wildman–Crippen LogP) is 1.91. The summed E-state index contributed by atoms with van der Waals surface area (Å²) < 4.78 is 1.86. The highest BCUT2D eigenvalue weighted by Gasteiger charge is 2.31. The SMILES string of the molecule is N#Cc1cnn2c3c(cnc12)CCN3C1CCCC1. The largest absolute Gasteiger partial charge is 0.353 e. The molecule has 3 heterocycles. The fraction of sp³-hybridized carbons (Fsp3) is 0.500. The van der Waals surface area contributed by atoms with Crippen LogP contribution in [-0.2, 0) is 6.42 Å². The zero-order valence-electron chi connectivity index (χ0n) is 10.7. The lowest BCUT2D eigenvalue weighted by Crippen LogP contribution is -2.32. The molecule has 0 N–H and O–H groups in total. The summed E-state index contributed by atoms with van der Waals surface area (Å²) in [5, 5.41) is 13.5. The summed E-state index contributed by atoms with van der Waals surface area (Å²) in [6.45, 7) is 1.06. The van der Waals surface area contributed by atoms with Crippen molar-refractivity contribution in [3.8, 4) is 6.07 Å². The molecule has 4 rings (SSSR count). The van der Waals surface area contributed by atoms with Crippen molar-refractivity contribution in [2.75, 3.05) is 11.4 Å². The molecule has 1 aliphatic carbocycles. The Labute approximate surface area is 111 Å². The van der Waals surface area contributed by atoms with E-state index in [4.69, 9.17) is 5.26 Å². The van der Waals surface area contributed by atoms with Crippen LogP contribution in [0.1, 0.15) is 36.8 Å². The van der Waals surface area contributed by atoms with Gasteiger partial charge in [-0.05, 0) is 19.3 Å². The molecule has 2 aromatic heterocycles. The Balaban J connectivity index is 1.89. The van der Waals surface area contributed by atoms with Crippen molar-refractivity contribution in [1.29, 1.82) is 5.26 Å². The topological polar surface area (TPSA) is 57.2 Å². The predicted molar refractivity (Wildman–Crippen MR) is 71.0 cm³/mol. The summed E-state index contributed by atoms with van der Waals surface area (Å²) in [4.78, 5) is 6.87. The number of anilines is 1. The van der Waals surface area contributed by atoms with Crippen LogP contribution in [0, 0.1) is 11.3 Å². The van der Waals surface area contributed by atoms with E-state index in [0.29, 0.717) is 17.3 Å². The van der Waals surface area contributed by atoms with E-state index >= 15 is 0 Å². The zero-order chi connectivity index (χ0) is 12.8. The molecule has 5 nitrogen and oxygen atoms in total. The van der Waals surface area contributed by atoms with Gasteiger partial charge in [0.1, 0.15) is 17.5 Å². The van der Waals surface area contributed by atoms with Gasteiger partial charge in [0.05, 0.1) is 6.20 Å². The number of rotatable bonds is 1. The van der Waals surface area contributed by atoms with E-state index in [1.54, 1.807) is 6.20 Å². The van der Waals surface area contributed by atoms with E-state index in [1.165, 1.54) is 37.1 Å². The highest BCUT2D eigenvalue weighted by Crippen LogP contribution is 2.35. The minimum Gasteiger partial charge on any atom is -0.353 e. The second-order valence-corrected chi connectivity index (χ2v) is 5.39. The average Bonchev–Trinajstić information content (AvgIpc) is 3.15. The lowest BCUT2D eigenvalue weighted by atomic mass is 10.2. The van der Waals surface area contributed by atoms with Gasteiger partial charge in [0.25, 0.3) is 0 Å². The van der Waals surface area contributed by atoms with Crippen molar-refractivity contribution in [3.63, 3.8) is 0 Å². The highest BCUT2D eigenvalue weighted by molar-refractivity contribution is 5.63. The number of nitriles is 1. The van der Waals surface area contributed by atoms with E-state index < -0.39 is 0 Å². The van der Waals surface area contributed by atoms with Gasteiger partial charge in [-0.2, -0.15) is 14.9 Å². The fourth-order valence-electron chi connectivity index (χ4n) is 3.43. The molecule has 0 amide bonds. The molecule has 0 spiro atoms. The molecule has 2 aliphatic rings. The summed E-state index contributed by atoms with van der Waals surface area (Å²) in [6.07, 6.45) is 9.78. The van der Waals surface area contributed by atoms with Gasteiger partial charge in [-0.1, -0.05) is 12.8 Å². The molecule has 0 saturated heterocycles. The summed E-state index contributed by atoms with van der Waals surface area (Å²) in [7, 11) is 0. The standard InChI is InChI=1S/C14H15N5/c15-7-11-9-17-19-13(11)16-8-10-5-6-18(14(10)19)12-3-1-2-4-12/h8-9,12H,1-6H2. The van der Waals surface area contributed by atoms with Crippen LogP contribution >= 0.6 is 0 Å². The average molecular weight is 253 g/mol. The Bertz CT molecular complexity index is 675. The van der Waals surface area contributed by atoms with Gasteiger partial charge in [-0.25, -0.2) is 4.98 Å². The van der Waals surface area contributed by atoms with Gasteiger partial charge in [0.2, 0.25) is 0 Å². The van der Waals surface area contributed by atoms with Crippen LogP contribution in [0.2, 0.25) is 0 Å². The highest BCUT2D eigenvalue weighted by atomic mass is 15.4. The summed E-state index contributed by atoms with van der Waals surface area (Å²) in [5.41, 5.74) is 2.50. The Morgan fingerprint density at radius 3 is 2.89 bits per heavy atom. The first-order chi connectivity index (χ1) is 9.38. The molecule has 5 heteroatoms. The Morgan fingerprint density at radius 1 is 1.26 bits per heavy atom. The minimum atomic E-state index is 0.557. The molecule has 1 aliphatic heterocycles. The third-order valence-corrected chi connectivity index (χ3v) is 4.35. The molecular weight excluding hydrogens is 238 g/mol. The van der Waals surface area contributed by atoms with E-state index in [2.05, 4.69) is 21.1 Å². The second kappa shape index (κ2) is 3.95. The maximum absolute atomic E-state index is 9.09. The van der Waals surface area contributed by atoms with Crippen molar-refractivity contribution < 1.29 is 0 Å². The quantitative estimate of drug-likeness (QED) is 0.779. The normalized spacial score (nSPS) is 19.0. The van der Waals surface area contributed by atoms with Crippen molar-refractivity contribution in [3.05, 3.63) is 23.5 Å². The van der Waals surface area contributed by atoms with Crippen molar-refractivity contribution >= 4 is 11.5 Å². The van der Waals surface area contributed by atoms with Gasteiger partial charge in [-0.15, -0.1) is 0 Å². The van der Waals surface area contributed by atoms with E-state index in [0.717, 1.165) is 13.0 Å². The van der Waals surface area contributed by atoms with Gasteiger partial charge >= 0.3 is 0 Å². The van der Waals surface area contributed by atoms with Crippen molar-refractivity contribution in [2.24, 2.45) is 0 Å². The molecule has 19 heavy (non-hydrogen) atoms.